The first-order chi connectivity index (χ1) is 8.53. The van der Waals surface area contributed by atoms with Crippen molar-refractivity contribution >= 4 is 18.5 Å². The third kappa shape index (κ3) is 3.32. The van der Waals surface area contributed by atoms with E-state index in [9.17, 15) is 4.79 Å². The Morgan fingerprint density at radius 1 is 1.33 bits per heavy atom. The summed E-state index contributed by atoms with van der Waals surface area (Å²) in [4.78, 5) is 13.2. The Morgan fingerprint density at radius 3 is 2.50 bits per heavy atom. The van der Waals surface area contributed by atoms with E-state index in [1.807, 2.05) is 19.1 Å². The van der Waals surface area contributed by atoms with E-state index in [0.29, 0.717) is 6.54 Å². The Bertz CT molecular complexity index is 434. The van der Waals surface area contributed by atoms with Crippen LogP contribution >= 0.6 is 12.6 Å². The predicted molar refractivity (Wildman–Crippen MR) is 74.6 cm³/mol. The van der Waals surface area contributed by atoms with Crippen LogP contribution in [-0.4, -0.2) is 37.8 Å². The third-order valence-corrected chi connectivity index (χ3v) is 3.09. The Kier molecular flexibility index (Phi) is 5.34. The van der Waals surface area contributed by atoms with Crippen molar-refractivity contribution in [3.63, 3.8) is 0 Å². The summed E-state index contributed by atoms with van der Waals surface area (Å²) in [7, 11) is 4.98. The van der Waals surface area contributed by atoms with Crippen molar-refractivity contribution in [1.82, 2.24) is 4.90 Å². The maximum atomic E-state index is 11.5. The largest absolute Gasteiger partial charge is 0.497 e. The molecule has 0 fully saturated rings. The molecule has 0 unspecified atom stereocenters. The summed E-state index contributed by atoms with van der Waals surface area (Å²) in [5, 5.41) is 0. The van der Waals surface area contributed by atoms with Crippen LogP contribution in [0.25, 0.3) is 0 Å². The minimum atomic E-state index is -0.0180. The van der Waals surface area contributed by atoms with Gasteiger partial charge in [0.25, 0.3) is 0 Å². The molecule has 0 saturated heterocycles. The van der Waals surface area contributed by atoms with E-state index in [4.69, 9.17) is 9.47 Å². The fraction of sp³-hybridized carbons (Fsp3) is 0.462. The highest BCUT2D eigenvalue weighted by molar-refractivity contribution is 7.81. The number of thiol groups is 1. The summed E-state index contributed by atoms with van der Waals surface area (Å²) in [6.45, 7) is 2.47. The van der Waals surface area contributed by atoms with Gasteiger partial charge in [0.15, 0.2) is 0 Å². The fourth-order valence-electron chi connectivity index (χ4n) is 1.70. The number of nitrogens with zero attached hydrogens (tertiary/aromatic N) is 1. The number of hydrogen-bond acceptors (Lipinski definition) is 4. The van der Waals surface area contributed by atoms with Crippen LogP contribution in [0.3, 0.4) is 0 Å². The molecule has 0 radical (unpaired) electrons. The van der Waals surface area contributed by atoms with Gasteiger partial charge in [0.1, 0.15) is 11.5 Å². The van der Waals surface area contributed by atoms with Gasteiger partial charge in [-0.3, -0.25) is 4.79 Å². The maximum Gasteiger partial charge on any atom is 0.232 e. The van der Waals surface area contributed by atoms with Gasteiger partial charge in [-0.05, 0) is 18.6 Å². The van der Waals surface area contributed by atoms with Gasteiger partial charge in [-0.2, -0.15) is 12.6 Å². The molecule has 1 aromatic carbocycles. The second kappa shape index (κ2) is 6.54. The van der Waals surface area contributed by atoms with Gasteiger partial charge >= 0.3 is 0 Å². The molecule has 0 spiro atoms. The van der Waals surface area contributed by atoms with Crippen LogP contribution in [0.4, 0.5) is 0 Å². The molecule has 1 aromatic rings. The normalized spacial score (nSPS) is 10.1. The zero-order chi connectivity index (χ0) is 13.7. The Balaban J connectivity index is 3.04. The zero-order valence-electron chi connectivity index (χ0n) is 11.2. The van der Waals surface area contributed by atoms with Gasteiger partial charge in [0.05, 0.1) is 20.0 Å². The van der Waals surface area contributed by atoms with Gasteiger partial charge in [-0.25, -0.2) is 0 Å². The van der Waals surface area contributed by atoms with Crippen molar-refractivity contribution in [2.45, 2.75) is 13.5 Å². The first-order valence-electron chi connectivity index (χ1n) is 5.59. The number of hydrogen-bond donors (Lipinski definition) is 1. The van der Waals surface area contributed by atoms with E-state index in [0.717, 1.165) is 22.6 Å². The van der Waals surface area contributed by atoms with Crippen LogP contribution in [0.2, 0.25) is 0 Å². The maximum absolute atomic E-state index is 11.5. The van der Waals surface area contributed by atoms with Crippen molar-refractivity contribution in [2.24, 2.45) is 0 Å². The number of rotatable bonds is 5. The molecule has 0 aliphatic carbocycles. The molecular weight excluding hydrogens is 250 g/mol. The molecule has 0 N–H and O–H groups in total. The molecule has 5 heteroatoms. The van der Waals surface area contributed by atoms with E-state index < -0.39 is 0 Å². The summed E-state index contributed by atoms with van der Waals surface area (Å²) < 4.78 is 10.5. The van der Waals surface area contributed by atoms with Gasteiger partial charge in [0.2, 0.25) is 5.91 Å². The topological polar surface area (TPSA) is 38.8 Å². The average molecular weight is 269 g/mol. The molecule has 0 atom stereocenters. The molecule has 0 bridgehead atoms. The third-order valence-electron chi connectivity index (χ3n) is 2.82. The standard InChI is InChI=1S/C13H19NO3S/c1-9-5-10(16-3)6-12(17-4)11(9)7-14(2)13(15)8-18/h5-6,18H,7-8H2,1-4H3. The van der Waals surface area contributed by atoms with E-state index >= 15 is 0 Å². The van der Waals surface area contributed by atoms with E-state index in [1.165, 1.54) is 0 Å². The Labute approximate surface area is 113 Å². The minimum Gasteiger partial charge on any atom is -0.497 e. The molecule has 18 heavy (non-hydrogen) atoms. The molecule has 4 nitrogen and oxygen atoms in total. The van der Waals surface area contributed by atoms with Gasteiger partial charge in [0, 0.05) is 25.2 Å². The van der Waals surface area contributed by atoms with Crippen molar-refractivity contribution in [3.8, 4) is 11.5 Å². The Hall–Kier alpha value is -1.36. The molecular formula is C13H19NO3S. The quantitative estimate of drug-likeness (QED) is 0.830. The molecule has 0 heterocycles. The van der Waals surface area contributed by atoms with E-state index in [-0.39, 0.29) is 11.7 Å². The van der Waals surface area contributed by atoms with E-state index in [2.05, 4.69) is 12.6 Å². The zero-order valence-corrected chi connectivity index (χ0v) is 12.1. The highest BCUT2D eigenvalue weighted by atomic mass is 32.1. The lowest BCUT2D eigenvalue weighted by atomic mass is 10.1. The van der Waals surface area contributed by atoms with Crippen molar-refractivity contribution < 1.29 is 14.3 Å². The van der Waals surface area contributed by atoms with E-state index in [1.54, 1.807) is 26.2 Å². The second-order valence-electron chi connectivity index (χ2n) is 4.03. The SMILES string of the molecule is COc1cc(C)c(CN(C)C(=O)CS)c(OC)c1. The summed E-state index contributed by atoms with van der Waals surface area (Å²) in [5.74, 6) is 1.66. The number of benzene rings is 1. The van der Waals surface area contributed by atoms with Gasteiger partial charge in [-0.1, -0.05) is 0 Å². The summed E-state index contributed by atoms with van der Waals surface area (Å²) in [5.41, 5.74) is 2.01. The van der Waals surface area contributed by atoms with Gasteiger partial charge in [-0.15, -0.1) is 0 Å². The molecule has 0 saturated carbocycles. The number of carbonyl (C=O) groups excluding carboxylic acids is 1. The number of aryl methyl sites for hydroxylation is 1. The monoisotopic (exact) mass is 269 g/mol. The Morgan fingerprint density at radius 2 is 2.00 bits per heavy atom. The number of methoxy groups -OCH3 is 2. The minimum absolute atomic E-state index is 0.0180. The smallest absolute Gasteiger partial charge is 0.232 e. The van der Waals surface area contributed by atoms with Crippen molar-refractivity contribution in [1.29, 1.82) is 0 Å². The molecule has 0 aliphatic heterocycles. The summed E-state index contributed by atoms with van der Waals surface area (Å²) in [6, 6.07) is 3.75. The number of amides is 1. The highest BCUT2D eigenvalue weighted by Gasteiger charge is 2.14. The van der Waals surface area contributed by atoms with Crippen LogP contribution in [0.5, 0.6) is 11.5 Å². The van der Waals surface area contributed by atoms with Crippen LogP contribution in [-0.2, 0) is 11.3 Å². The molecule has 100 valence electrons. The molecule has 1 amide bonds. The average Bonchev–Trinajstić information content (AvgIpc) is 2.39. The van der Waals surface area contributed by atoms with Crippen molar-refractivity contribution in [3.05, 3.63) is 23.3 Å². The molecule has 1 rings (SSSR count). The first-order valence-corrected chi connectivity index (χ1v) is 6.23. The molecule has 0 aromatic heterocycles. The lowest BCUT2D eigenvalue weighted by molar-refractivity contribution is -0.127. The number of ether oxygens (including phenoxy) is 2. The predicted octanol–water partition coefficient (Wildman–Crippen LogP) is 1.90. The van der Waals surface area contributed by atoms with Crippen LogP contribution < -0.4 is 9.47 Å². The summed E-state index contributed by atoms with van der Waals surface area (Å²) in [6.07, 6.45) is 0. The van der Waals surface area contributed by atoms with Crippen LogP contribution in [0.15, 0.2) is 12.1 Å². The van der Waals surface area contributed by atoms with Gasteiger partial charge < -0.3 is 14.4 Å². The summed E-state index contributed by atoms with van der Waals surface area (Å²) >= 11 is 3.98. The van der Waals surface area contributed by atoms with Crippen LogP contribution in [0, 0.1) is 6.92 Å². The van der Waals surface area contributed by atoms with Crippen LogP contribution in [0.1, 0.15) is 11.1 Å². The fourth-order valence-corrected chi connectivity index (χ4v) is 1.94. The second-order valence-corrected chi connectivity index (χ2v) is 4.35. The highest BCUT2D eigenvalue weighted by Crippen LogP contribution is 2.29. The van der Waals surface area contributed by atoms with Crippen molar-refractivity contribution in [2.75, 3.05) is 27.0 Å². The number of carbonyl (C=O) groups is 1. The lowest BCUT2D eigenvalue weighted by Gasteiger charge is -2.20. The lowest BCUT2D eigenvalue weighted by Crippen LogP contribution is -2.27. The molecule has 0 aliphatic rings. The first kappa shape index (κ1) is 14.7.